The van der Waals surface area contributed by atoms with E-state index in [1.807, 2.05) is 63.6 Å². The molecule has 1 aromatic carbocycles. The predicted molar refractivity (Wildman–Crippen MR) is 119 cm³/mol. The maximum absolute atomic E-state index is 12.8. The van der Waals surface area contributed by atoms with Gasteiger partial charge in [-0.3, -0.25) is 9.69 Å². The molecule has 2 heterocycles. The van der Waals surface area contributed by atoms with Crippen LogP contribution < -0.4 is 10.3 Å². The third-order valence-corrected chi connectivity index (χ3v) is 5.23. The third kappa shape index (κ3) is 5.29. The van der Waals surface area contributed by atoms with Crippen LogP contribution in [-0.2, 0) is 12.1 Å². The average Bonchev–Trinajstić information content (AvgIpc) is 3.22. The number of pyridine rings is 1. The Kier molecular flexibility index (Phi) is 7.07. The van der Waals surface area contributed by atoms with Crippen molar-refractivity contribution in [3.8, 4) is 5.75 Å². The number of hydrogen-bond acceptors (Lipinski definition) is 7. The summed E-state index contributed by atoms with van der Waals surface area (Å²) < 4.78 is 7.40. The standard InChI is InChI=1S/C22H32N6O3/c1-6-31-18-8-9-19-16(13-18)12-17(21(30)23-19)14-27(10-7-11-29)15(2)20-24-25-26-28(20)22(3,4)5/h8-9,12-13,15,29H,6-7,10-11,14H2,1-5H3,(H,23,30). The SMILES string of the molecule is CCOc1ccc2[nH]c(=O)c(CN(CCCO)C(C)c3nnnn3C(C)(C)C)cc2c1. The minimum absolute atomic E-state index is 0.0687. The van der Waals surface area contributed by atoms with Crippen molar-refractivity contribution in [2.75, 3.05) is 19.8 Å². The van der Waals surface area contributed by atoms with Crippen LogP contribution in [0, 0.1) is 0 Å². The number of benzene rings is 1. The molecule has 3 rings (SSSR count). The van der Waals surface area contributed by atoms with Gasteiger partial charge in [-0.15, -0.1) is 5.10 Å². The van der Waals surface area contributed by atoms with Crippen LogP contribution in [0.15, 0.2) is 29.1 Å². The fraction of sp³-hybridized carbons (Fsp3) is 0.545. The van der Waals surface area contributed by atoms with Crippen LogP contribution in [0.1, 0.15) is 58.5 Å². The van der Waals surface area contributed by atoms with E-state index < -0.39 is 0 Å². The van der Waals surface area contributed by atoms with Crippen molar-refractivity contribution in [2.24, 2.45) is 0 Å². The zero-order chi connectivity index (χ0) is 22.6. The van der Waals surface area contributed by atoms with E-state index in [9.17, 15) is 9.90 Å². The number of tetrazole rings is 1. The number of aromatic amines is 1. The number of aromatic nitrogens is 5. The number of nitrogens with one attached hydrogen (secondary N) is 1. The molecule has 0 spiro atoms. The molecular formula is C22H32N6O3. The van der Waals surface area contributed by atoms with Crippen LogP contribution in [0.3, 0.4) is 0 Å². The summed E-state index contributed by atoms with van der Waals surface area (Å²) in [6.07, 6.45) is 0.585. The Morgan fingerprint density at radius 3 is 2.74 bits per heavy atom. The molecule has 1 unspecified atom stereocenters. The van der Waals surface area contributed by atoms with Gasteiger partial charge < -0.3 is 14.8 Å². The second-order valence-corrected chi connectivity index (χ2v) is 8.65. The summed E-state index contributed by atoms with van der Waals surface area (Å²) in [5.74, 6) is 1.49. The summed E-state index contributed by atoms with van der Waals surface area (Å²) in [5, 5.41) is 22.6. The molecule has 0 aliphatic rings. The van der Waals surface area contributed by atoms with Crippen LogP contribution in [0.4, 0.5) is 0 Å². The Morgan fingerprint density at radius 2 is 2.06 bits per heavy atom. The van der Waals surface area contributed by atoms with Gasteiger partial charge in [0.2, 0.25) is 0 Å². The molecule has 0 bridgehead atoms. The van der Waals surface area contributed by atoms with Crippen LogP contribution in [-0.4, -0.2) is 55.0 Å². The molecule has 168 valence electrons. The van der Waals surface area contributed by atoms with Gasteiger partial charge in [-0.1, -0.05) is 0 Å². The first-order valence-corrected chi connectivity index (χ1v) is 10.7. The predicted octanol–water partition coefficient (Wildman–Crippen LogP) is 2.61. The molecule has 2 aromatic heterocycles. The minimum Gasteiger partial charge on any atom is -0.494 e. The highest BCUT2D eigenvalue weighted by atomic mass is 16.5. The monoisotopic (exact) mass is 428 g/mol. The van der Waals surface area contributed by atoms with Crippen molar-refractivity contribution in [3.05, 3.63) is 46.0 Å². The van der Waals surface area contributed by atoms with Crippen molar-refractivity contribution < 1.29 is 9.84 Å². The molecule has 1 atom stereocenters. The number of ether oxygens (including phenoxy) is 1. The molecule has 31 heavy (non-hydrogen) atoms. The quantitative estimate of drug-likeness (QED) is 0.539. The number of aliphatic hydroxyl groups is 1. The van der Waals surface area contributed by atoms with Crippen LogP contribution in [0.5, 0.6) is 5.75 Å². The molecule has 9 heteroatoms. The van der Waals surface area contributed by atoms with Gasteiger partial charge in [-0.2, -0.15) is 0 Å². The number of H-pyrrole nitrogens is 1. The van der Waals surface area contributed by atoms with Gasteiger partial charge in [0.05, 0.1) is 18.2 Å². The van der Waals surface area contributed by atoms with Crippen LogP contribution in [0.2, 0.25) is 0 Å². The molecule has 3 aromatic rings. The average molecular weight is 429 g/mol. The smallest absolute Gasteiger partial charge is 0.252 e. The lowest BCUT2D eigenvalue weighted by atomic mass is 10.1. The van der Waals surface area contributed by atoms with E-state index in [1.54, 1.807) is 0 Å². The molecule has 0 aliphatic carbocycles. The van der Waals surface area contributed by atoms with E-state index in [0.717, 1.165) is 22.5 Å². The van der Waals surface area contributed by atoms with Crippen LogP contribution in [0.25, 0.3) is 10.9 Å². The Bertz CT molecular complexity index is 1070. The topological polar surface area (TPSA) is 109 Å². The molecule has 0 fully saturated rings. The van der Waals surface area contributed by atoms with Gasteiger partial charge >= 0.3 is 0 Å². The van der Waals surface area contributed by atoms with Crippen molar-refractivity contribution in [2.45, 2.75) is 59.2 Å². The van der Waals surface area contributed by atoms with E-state index in [2.05, 4.69) is 25.4 Å². The van der Waals surface area contributed by atoms with Gasteiger partial charge in [-0.25, -0.2) is 4.68 Å². The van der Waals surface area contributed by atoms with E-state index in [0.29, 0.717) is 31.7 Å². The van der Waals surface area contributed by atoms with Crippen molar-refractivity contribution in [1.29, 1.82) is 0 Å². The largest absolute Gasteiger partial charge is 0.494 e. The van der Waals surface area contributed by atoms with Crippen molar-refractivity contribution in [3.63, 3.8) is 0 Å². The van der Waals surface area contributed by atoms with E-state index >= 15 is 0 Å². The van der Waals surface area contributed by atoms with Gasteiger partial charge in [0.15, 0.2) is 5.82 Å². The zero-order valence-electron chi connectivity index (χ0n) is 18.9. The summed E-state index contributed by atoms with van der Waals surface area (Å²) in [6, 6.07) is 7.39. The molecule has 0 saturated heterocycles. The number of nitrogens with zero attached hydrogens (tertiary/aromatic N) is 5. The number of fused-ring (bicyclic) bond motifs is 1. The fourth-order valence-electron chi connectivity index (χ4n) is 3.60. The molecular weight excluding hydrogens is 396 g/mol. The second-order valence-electron chi connectivity index (χ2n) is 8.65. The lowest BCUT2D eigenvalue weighted by Gasteiger charge is -2.30. The maximum atomic E-state index is 12.8. The van der Waals surface area contributed by atoms with Crippen molar-refractivity contribution >= 4 is 10.9 Å². The fourth-order valence-corrected chi connectivity index (χ4v) is 3.60. The summed E-state index contributed by atoms with van der Waals surface area (Å²) in [5.41, 5.74) is 1.00. The van der Waals surface area contributed by atoms with E-state index in [-0.39, 0.29) is 23.7 Å². The third-order valence-electron chi connectivity index (χ3n) is 5.23. The van der Waals surface area contributed by atoms with Crippen molar-refractivity contribution in [1.82, 2.24) is 30.1 Å². The Labute approximate surface area is 182 Å². The Morgan fingerprint density at radius 1 is 1.29 bits per heavy atom. The highest BCUT2D eigenvalue weighted by Crippen LogP contribution is 2.25. The van der Waals surface area contributed by atoms with Gasteiger partial charge in [-0.05, 0) is 75.7 Å². The first kappa shape index (κ1) is 22.9. The molecule has 0 aliphatic heterocycles. The lowest BCUT2D eigenvalue weighted by Crippen LogP contribution is -2.35. The normalized spacial score (nSPS) is 13.1. The minimum atomic E-state index is -0.272. The molecule has 0 radical (unpaired) electrons. The lowest BCUT2D eigenvalue weighted by molar-refractivity contribution is 0.160. The molecule has 0 amide bonds. The summed E-state index contributed by atoms with van der Waals surface area (Å²) >= 11 is 0. The van der Waals surface area contributed by atoms with E-state index in [4.69, 9.17) is 4.74 Å². The van der Waals surface area contributed by atoms with Gasteiger partial charge in [0.25, 0.3) is 5.56 Å². The molecule has 0 saturated carbocycles. The number of hydrogen-bond donors (Lipinski definition) is 2. The van der Waals surface area contributed by atoms with Gasteiger partial charge in [0, 0.05) is 36.2 Å². The first-order chi connectivity index (χ1) is 14.7. The number of rotatable bonds is 9. The Hall–Kier alpha value is -2.78. The summed E-state index contributed by atoms with van der Waals surface area (Å²) in [6.45, 7) is 11.7. The Balaban J connectivity index is 1.95. The summed E-state index contributed by atoms with van der Waals surface area (Å²) in [7, 11) is 0. The first-order valence-electron chi connectivity index (χ1n) is 10.7. The highest BCUT2D eigenvalue weighted by molar-refractivity contribution is 5.80. The number of aliphatic hydroxyl groups excluding tert-OH is 1. The summed E-state index contributed by atoms with van der Waals surface area (Å²) in [4.78, 5) is 17.9. The van der Waals surface area contributed by atoms with Gasteiger partial charge in [0.1, 0.15) is 5.75 Å². The molecule has 2 N–H and O–H groups in total. The van der Waals surface area contributed by atoms with Crippen LogP contribution >= 0.6 is 0 Å². The maximum Gasteiger partial charge on any atom is 0.252 e. The highest BCUT2D eigenvalue weighted by Gasteiger charge is 2.27. The van der Waals surface area contributed by atoms with E-state index in [1.165, 1.54) is 0 Å². The second kappa shape index (κ2) is 9.57. The zero-order valence-corrected chi connectivity index (χ0v) is 18.9. The molecule has 9 nitrogen and oxygen atoms in total.